The molecule has 0 radical (unpaired) electrons. The number of carbonyl (C=O) groups is 1. The zero-order valence-electron chi connectivity index (χ0n) is 16.8. The van der Waals surface area contributed by atoms with E-state index in [4.69, 9.17) is 4.42 Å². The molecule has 162 valence electrons. The maximum absolute atomic E-state index is 13.9. The lowest BCUT2D eigenvalue weighted by Crippen LogP contribution is -2.23. The lowest BCUT2D eigenvalue weighted by molar-refractivity contribution is 0.0996. The summed E-state index contributed by atoms with van der Waals surface area (Å²) in [7, 11) is 0. The Labute approximate surface area is 185 Å². The van der Waals surface area contributed by atoms with Gasteiger partial charge in [-0.15, -0.1) is 10.2 Å². The Hall–Kier alpha value is -4.45. The Kier molecular flexibility index (Phi) is 4.90. The molecule has 0 fully saturated rings. The molecule has 33 heavy (non-hydrogen) atoms. The van der Waals surface area contributed by atoms with Gasteiger partial charge in [0.2, 0.25) is 5.89 Å². The van der Waals surface area contributed by atoms with Crippen molar-refractivity contribution in [1.29, 1.82) is 5.26 Å². The number of nitriles is 1. The highest BCUT2D eigenvalue weighted by Gasteiger charge is 2.31. The van der Waals surface area contributed by atoms with Crippen molar-refractivity contribution in [2.24, 2.45) is 0 Å². The monoisotopic (exact) mass is 446 g/mol. The molecule has 6 nitrogen and oxygen atoms in total. The third kappa shape index (κ3) is 3.61. The number of alkyl halides is 2. The molecule has 0 atom stereocenters. The zero-order chi connectivity index (χ0) is 23.1. The number of fused-ring (bicyclic) bond motifs is 1. The van der Waals surface area contributed by atoms with Crippen LogP contribution in [-0.4, -0.2) is 16.1 Å². The van der Waals surface area contributed by atoms with Gasteiger partial charge < -0.3 is 9.32 Å². The Bertz CT molecular complexity index is 1440. The molecule has 1 aromatic heterocycles. The number of benzene rings is 3. The van der Waals surface area contributed by atoms with E-state index in [2.05, 4.69) is 16.3 Å². The molecule has 1 aliphatic heterocycles. The summed E-state index contributed by atoms with van der Waals surface area (Å²) in [6.07, 6.45) is -2.89. The Morgan fingerprint density at radius 1 is 1.00 bits per heavy atom. The fourth-order valence-electron chi connectivity index (χ4n) is 3.80. The van der Waals surface area contributed by atoms with Gasteiger partial charge in [0.05, 0.1) is 23.9 Å². The molecule has 1 amide bonds. The van der Waals surface area contributed by atoms with E-state index in [1.807, 2.05) is 0 Å². The van der Waals surface area contributed by atoms with Gasteiger partial charge in [-0.05, 0) is 53.6 Å². The second-order valence-electron chi connectivity index (χ2n) is 7.36. The molecular formula is C24H13F3N4O2. The molecule has 0 saturated carbocycles. The number of hydrogen-bond acceptors (Lipinski definition) is 5. The number of rotatable bonds is 4. The minimum Gasteiger partial charge on any atom is -0.415 e. The van der Waals surface area contributed by atoms with Crippen molar-refractivity contribution in [1.82, 2.24) is 10.2 Å². The molecule has 5 rings (SSSR count). The van der Waals surface area contributed by atoms with Crippen molar-refractivity contribution in [2.75, 3.05) is 4.90 Å². The van der Waals surface area contributed by atoms with Gasteiger partial charge >= 0.3 is 6.43 Å². The van der Waals surface area contributed by atoms with Gasteiger partial charge in [0.15, 0.2) is 0 Å². The number of hydrogen-bond donors (Lipinski definition) is 0. The van der Waals surface area contributed by atoms with Crippen LogP contribution in [0.25, 0.3) is 22.6 Å². The first-order valence-corrected chi connectivity index (χ1v) is 9.81. The molecule has 2 heterocycles. The van der Waals surface area contributed by atoms with Gasteiger partial charge in [0.1, 0.15) is 5.82 Å². The van der Waals surface area contributed by atoms with E-state index >= 15 is 0 Å². The van der Waals surface area contributed by atoms with Crippen molar-refractivity contribution < 1.29 is 22.4 Å². The van der Waals surface area contributed by atoms with Crippen LogP contribution < -0.4 is 4.90 Å². The topological polar surface area (TPSA) is 83.0 Å². The van der Waals surface area contributed by atoms with Crippen LogP contribution in [0.1, 0.15) is 33.8 Å². The summed E-state index contributed by atoms with van der Waals surface area (Å²) in [6.45, 7) is 0.245. The van der Waals surface area contributed by atoms with Gasteiger partial charge in [-0.1, -0.05) is 18.2 Å². The quantitative estimate of drug-likeness (QED) is 0.413. The van der Waals surface area contributed by atoms with E-state index < -0.39 is 18.1 Å². The molecule has 0 bridgehead atoms. The van der Waals surface area contributed by atoms with Crippen molar-refractivity contribution in [2.45, 2.75) is 13.0 Å². The fourth-order valence-corrected chi connectivity index (χ4v) is 3.80. The van der Waals surface area contributed by atoms with E-state index in [9.17, 15) is 23.2 Å². The van der Waals surface area contributed by atoms with E-state index in [-0.39, 0.29) is 18.3 Å². The molecule has 0 saturated heterocycles. The number of aromatic nitrogens is 2. The van der Waals surface area contributed by atoms with Gasteiger partial charge in [0.25, 0.3) is 11.8 Å². The number of nitrogens with zero attached hydrogens (tertiary/aromatic N) is 4. The summed E-state index contributed by atoms with van der Waals surface area (Å²) < 4.78 is 44.4. The van der Waals surface area contributed by atoms with E-state index in [1.165, 1.54) is 23.1 Å². The second kappa shape index (κ2) is 7.91. The molecule has 0 aliphatic carbocycles. The summed E-state index contributed by atoms with van der Waals surface area (Å²) in [5, 5.41) is 16.3. The predicted molar refractivity (Wildman–Crippen MR) is 112 cm³/mol. The maximum Gasteiger partial charge on any atom is 0.314 e. The summed E-state index contributed by atoms with van der Waals surface area (Å²) in [5.74, 6) is -1.68. The van der Waals surface area contributed by atoms with Crippen molar-refractivity contribution >= 4 is 11.6 Å². The smallest absolute Gasteiger partial charge is 0.314 e. The highest BCUT2D eigenvalue weighted by molar-refractivity contribution is 6.12. The average molecular weight is 446 g/mol. The number of halogens is 3. The first-order valence-electron chi connectivity index (χ1n) is 9.81. The van der Waals surface area contributed by atoms with Crippen molar-refractivity contribution in [3.63, 3.8) is 0 Å². The molecule has 9 heteroatoms. The van der Waals surface area contributed by atoms with Crippen LogP contribution in [0.4, 0.5) is 18.9 Å². The lowest BCUT2D eigenvalue weighted by atomic mass is 10.00. The van der Waals surface area contributed by atoms with Crippen LogP contribution >= 0.6 is 0 Å². The van der Waals surface area contributed by atoms with Crippen molar-refractivity contribution in [3.8, 4) is 28.7 Å². The van der Waals surface area contributed by atoms with Crippen LogP contribution in [0.5, 0.6) is 0 Å². The molecule has 3 aromatic carbocycles. The van der Waals surface area contributed by atoms with Gasteiger partial charge in [-0.25, -0.2) is 4.39 Å². The SMILES string of the molecule is N#Cc1ccc(N2Cc3ccc(-c4nnc(C(F)F)o4)cc3C2=O)c(-c2cccc(F)c2)c1. The molecule has 0 spiro atoms. The minimum absolute atomic E-state index is 0.113. The first kappa shape index (κ1) is 20.5. The van der Waals surface area contributed by atoms with Crippen molar-refractivity contribution in [3.05, 3.63) is 89.1 Å². The normalized spacial score (nSPS) is 12.8. The Morgan fingerprint density at radius 3 is 2.58 bits per heavy atom. The molecule has 4 aromatic rings. The average Bonchev–Trinajstić information content (AvgIpc) is 3.44. The molecule has 0 unspecified atom stereocenters. The highest BCUT2D eigenvalue weighted by Crippen LogP contribution is 2.38. The van der Waals surface area contributed by atoms with E-state index in [0.29, 0.717) is 39.1 Å². The van der Waals surface area contributed by atoms with Gasteiger partial charge in [-0.3, -0.25) is 4.79 Å². The summed E-state index contributed by atoms with van der Waals surface area (Å²) >= 11 is 0. The lowest BCUT2D eigenvalue weighted by Gasteiger charge is -2.20. The third-order valence-electron chi connectivity index (χ3n) is 5.34. The van der Waals surface area contributed by atoms with Crippen LogP contribution in [0.3, 0.4) is 0 Å². The fraction of sp³-hybridized carbons (Fsp3) is 0.0833. The third-order valence-corrected chi connectivity index (χ3v) is 5.34. The molecule has 0 N–H and O–H groups in total. The first-order chi connectivity index (χ1) is 15.9. The van der Waals surface area contributed by atoms with Crippen LogP contribution in [0.2, 0.25) is 0 Å². The van der Waals surface area contributed by atoms with E-state index in [0.717, 1.165) is 0 Å². The summed E-state index contributed by atoms with van der Waals surface area (Å²) in [5.41, 5.74) is 3.36. The van der Waals surface area contributed by atoms with Crippen LogP contribution in [-0.2, 0) is 6.54 Å². The second-order valence-corrected chi connectivity index (χ2v) is 7.36. The standard InChI is InChI=1S/C24H13F3N4O2/c25-17-3-1-2-14(9-17)18-8-13(11-28)4-7-20(18)31-12-16-6-5-15(10-19(16)24(31)32)22-29-30-23(33-22)21(26)27/h1-10,21H,12H2. The maximum atomic E-state index is 13.9. The Morgan fingerprint density at radius 2 is 1.85 bits per heavy atom. The summed E-state index contributed by atoms with van der Waals surface area (Å²) in [4.78, 5) is 14.8. The number of amides is 1. The van der Waals surface area contributed by atoms with Crippen LogP contribution in [0.15, 0.2) is 65.1 Å². The number of carbonyl (C=O) groups excluding carboxylic acids is 1. The Balaban J connectivity index is 1.54. The highest BCUT2D eigenvalue weighted by atomic mass is 19.3. The molecule has 1 aliphatic rings. The van der Waals surface area contributed by atoms with Gasteiger partial charge in [0, 0.05) is 16.7 Å². The molecular weight excluding hydrogens is 433 g/mol. The largest absolute Gasteiger partial charge is 0.415 e. The van der Waals surface area contributed by atoms with Crippen LogP contribution in [0, 0.1) is 17.1 Å². The number of anilines is 1. The van der Waals surface area contributed by atoms with E-state index in [1.54, 1.807) is 42.5 Å². The zero-order valence-corrected chi connectivity index (χ0v) is 16.8. The predicted octanol–water partition coefficient (Wildman–Crippen LogP) is 5.51. The minimum atomic E-state index is -2.89. The summed E-state index contributed by atoms with van der Waals surface area (Å²) in [6, 6.07) is 17.6. The van der Waals surface area contributed by atoms with Gasteiger partial charge in [-0.2, -0.15) is 14.0 Å².